The lowest BCUT2D eigenvalue weighted by Gasteiger charge is -2.47. The molecule has 37 heavy (non-hydrogen) atoms. The molecule has 2 aliphatic carbocycles. The quantitative estimate of drug-likeness (QED) is 0.591. The van der Waals surface area contributed by atoms with Crippen LogP contribution >= 0.6 is 0 Å². The molecule has 2 heterocycles. The van der Waals surface area contributed by atoms with Crippen molar-refractivity contribution in [3.63, 3.8) is 0 Å². The predicted octanol–water partition coefficient (Wildman–Crippen LogP) is 4.26. The van der Waals surface area contributed by atoms with Gasteiger partial charge in [0.25, 0.3) is 0 Å². The highest BCUT2D eigenvalue weighted by molar-refractivity contribution is 5.97. The van der Waals surface area contributed by atoms with E-state index in [1.165, 1.54) is 13.3 Å². The van der Waals surface area contributed by atoms with Crippen molar-refractivity contribution >= 4 is 28.7 Å². The molecule has 0 radical (unpaired) electrons. The number of benzene rings is 1. The van der Waals surface area contributed by atoms with Crippen LogP contribution in [-0.2, 0) is 4.74 Å². The fourth-order valence-corrected chi connectivity index (χ4v) is 5.84. The number of hydrogen-bond donors (Lipinski definition) is 2. The Bertz CT molecular complexity index is 1310. The van der Waals surface area contributed by atoms with E-state index in [9.17, 15) is 23.9 Å². The lowest BCUT2D eigenvalue weighted by molar-refractivity contribution is 0.0289. The third-order valence-corrected chi connectivity index (χ3v) is 7.91. The molecule has 10 heteroatoms. The van der Waals surface area contributed by atoms with Gasteiger partial charge in [-0.1, -0.05) is 0 Å². The zero-order valence-electron chi connectivity index (χ0n) is 21.7. The molecule has 3 fully saturated rings. The van der Waals surface area contributed by atoms with Gasteiger partial charge in [-0.2, -0.15) is 0 Å². The topological polar surface area (TPSA) is 110 Å². The first-order valence-corrected chi connectivity index (χ1v) is 12.8. The van der Waals surface area contributed by atoms with E-state index >= 15 is 0 Å². The van der Waals surface area contributed by atoms with Gasteiger partial charge in [-0.05, 0) is 58.6 Å². The number of alkyl carbamates (subject to hydrolysis) is 1. The molecule has 2 saturated carbocycles. The molecular weight excluding hydrogens is 481 g/mol. The van der Waals surface area contributed by atoms with Crippen LogP contribution in [0.3, 0.4) is 0 Å². The van der Waals surface area contributed by atoms with Crippen molar-refractivity contribution in [2.45, 2.75) is 76.2 Å². The Kier molecular flexibility index (Phi) is 6.11. The van der Waals surface area contributed by atoms with E-state index in [4.69, 9.17) is 9.47 Å². The summed E-state index contributed by atoms with van der Waals surface area (Å²) in [4.78, 5) is 39.4. The number of ether oxygens (including phenoxy) is 2. The highest BCUT2D eigenvalue weighted by Gasteiger charge is 2.48. The van der Waals surface area contributed by atoms with Crippen LogP contribution in [0.4, 0.5) is 14.9 Å². The lowest BCUT2D eigenvalue weighted by Crippen LogP contribution is -2.59. The van der Waals surface area contributed by atoms with Gasteiger partial charge in [-0.3, -0.25) is 4.79 Å². The number of hydrogen-bond acceptors (Lipinski definition) is 6. The number of alkyl halides is 1. The zero-order chi connectivity index (χ0) is 26.7. The van der Waals surface area contributed by atoms with E-state index in [-0.39, 0.29) is 28.8 Å². The number of carbonyl (C=O) groups excluding carboxylic acids is 1. The Morgan fingerprint density at radius 2 is 1.95 bits per heavy atom. The maximum absolute atomic E-state index is 14.2. The van der Waals surface area contributed by atoms with E-state index in [2.05, 4.69) is 10.2 Å². The zero-order valence-corrected chi connectivity index (χ0v) is 21.7. The maximum Gasteiger partial charge on any atom is 0.408 e. The van der Waals surface area contributed by atoms with Crippen molar-refractivity contribution in [3.8, 4) is 5.75 Å². The number of aromatic carboxylic acids is 1. The van der Waals surface area contributed by atoms with Gasteiger partial charge < -0.3 is 29.4 Å². The summed E-state index contributed by atoms with van der Waals surface area (Å²) in [5.41, 5.74) is -0.733. The number of halogens is 1. The molecule has 2 N–H and O–H groups in total. The SMILES string of the molecule is COc1c(N2CC[C@@H](C3(NC(=O)OC(C)(C)C)CCC3)C2)ccc2c(=O)c(C(=O)O)cn([C@@H]3C[C@H]3F)c12. The standard InChI is InChI=1S/C27H34FN3O6/c1-26(2,3)37-25(35)29-27(9-5-10-27)15-8-11-30(13-15)19-7-6-16-21(23(19)36-4)31(20-12-18(20)28)14-17(22(16)32)24(33)34/h6-7,14-15,18,20H,5,8-13H2,1-4H3,(H,29,35)(H,33,34)/t15-,18-,20-/m1/s1. The van der Waals surface area contributed by atoms with Crippen LogP contribution in [0.25, 0.3) is 10.9 Å². The first kappa shape index (κ1) is 25.4. The summed E-state index contributed by atoms with van der Waals surface area (Å²) < 4.78 is 27.0. The second-order valence-electron chi connectivity index (χ2n) is 11.5. The number of carboxylic acid groups (broad SMARTS) is 1. The summed E-state index contributed by atoms with van der Waals surface area (Å²) in [6.45, 7) is 6.92. The lowest BCUT2D eigenvalue weighted by atomic mass is 9.67. The van der Waals surface area contributed by atoms with Crippen LogP contribution in [0.15, 0.2) is 23.1 Å². The number of methoxy groups -OCH3 is 1. The number of rotatable bonds is 6. The minimum Gasteiger partial charge on any atom is -0.492 e. The van der Waals surface area contributed by atoms with Crippen molar-refractivity contribution in [1.29, 1.82) is 0 Å². The number of amides is 1. The summed E-state index contributed by atoms with van der Waals surface area (Å²) in [6.07, 6.45) is 3.66. The molecule has 0 spiro atoms. The molecule has 0 bridgehead atoms. The molecule has 1 amide bonds. The van der Waals surface area contributed by atoms with E-state index in [1.807, 2.05) is 20.8 Å². The molecule has 3 atom stereocenters. The monoisotopic (exact) mass is 515 g/mol. The van der Waals surface area contributed by atoms with Crippen LogP contribution in [0.5, 0.6) is 5.75 Å². The van der Waals surface area contributed by atoms with Gasteiger partial charge in [0.1, 0.15) is 17.3 Å². The first-order chi connectivity index (χ1) is 17.4. The number of fused-ring (bicyclic) bond motifs is 1. The Balaban J connectivity index is 1.48. The molecule has 1 saturated heterocycles. The first-order valence-electron chi connectivity index (χ1n) is 12.8. The Morgan fingerprint density at radius 1 is 1.24 bits per heavy atom. The molecule has 3 aliphatic rings. The van der Waals surface area contributed by atoms with Crippen molar-refractivity contribution in [3.05, 3.63) is 34.1 Å². The van der Waals surface area contributed by atoms with Crippen LogP contribution < -0.4 is 20.4 Å². The molecule has 1 aromatic heterocycles. The van der Waals surface area contributed by atoms with Crippen molar-refractivity contribution < 1.29 is 28.6 Å². The number of carboxylic acids is 1. The largest absolute Gasteiger partial charge is 0.492 e. The molecule has 9 nitrogen and oxygen atoms in total. The highest BCUT2D eigenvalue weighted by Crippen LogP contribution is 2.47. The number of pyridine rings is 1. The van der Waals surface area contributed by atoms with Crippen molar-refractivity contribution in [1.82, 2.24) is 9.88 Å². The minimum absolute atomic E-state index is 0.192. The molecule has 0 unspecified atom stereocenters. The highest BCUT2D eigenvalue weighted by atomic mass is 19.1. The molecule has 1 aromatic carbocycles. The van der Waals surface area contributed by atoms with Gasteiger partial charge >= 0.3 is 12.1 Å². The van der Waals surface area contributed by atoms with Gasteiger partial charge in [0.15, 0.2) is 5.75 Å². The van der Waals surface area contributed by atoms with Gasteiger partial charge in [0.2, 0.25) is 5.43 Å². The van der Waals surface area contributed by atoms with E-state index in [0.717, 1.165) is 37.9 Å². The summed E-state index contributed by atoms with van der Waals surface area (Å²) in [7, 11) is 1.50. The number of aromatic nitrogens is 1. The summed E-state index contributed by atoms with van der Waals surface area (Å²) >= 11 is 0. The van der Waals surface area contributed by atoms with Gasteiger partial charge in [0, 0.05) is 37.2 Å². The molecular formula is C27H34FN3O6. The Hall–Kier alpha value is -3.30. The molecule has 5 rings (SSSR count). The van der Waals surface area contributed by atoms with E-state index in [1.54, 1.807) is 16.7 Å². The number of carbonyl (C=O) groups is 2. The van der Waals surface area contributed by atoms with Gasteiger partial charge in [-0.25, -0.2) is 14.0 Å². The minimum atomic E-state index is -1.34. The number of nitrogens with zero attached hydrogens (tertiary/aromatic N) is 2. The fourth-order valence-electron chi connectivity index (χ4n) is 5.84. The van der Waals surface area contributed by atoms with Gasteiger partial charge in [0.05, 0.1) is 29.7 Å². The smallest absolute Gasteiger partial charge is 0.408 e. The maximum atomic E-state index is 14.2. The van der Waals surface area contributed by atoms with Gasteiger partial charge in [-0.15, -0.1) is 0 Å². The third kappa shape index (κ3) is 4.51. The van der Waals surface area contributed by atoms with Crippen molar-refractivity contribution in [2.75, 3.05) is 25.1 Å². The summed E-state index contributed by atoms with van der Waals surface area (Å²) in [5, 5.41) is 12.9. The summed E-state index contributed by atoms with van der Waals surface area (Å²) in [6, 6.07) is 2.85. The van der Waals surface area contributed by atoms with Crippen molar-refractivity contribution in [2.24, 2.45) is 5.92 Å². The summed E-state index contributed by atoms with van der Waals surface area (Å²) in [5.74, 6) is -0.719. The Morgan fingerprint density at radius 3 is 2.49 bits per heavy atom. The van der Waals surface area contributed by atoms with E-state index in [0.29, 0.717) is 17.8 Å². The second kappa shape index (κ2) is 8.92. The average Bonchev–Trinajstić information content (AvgIpc) is 3.31. The normalized spacial score (nSPS) is 24.5. The molecule has 2 aromatic rings. The third-order valence-electron chi connectivity index (χ3n) is 7.91. The molecule has 1 aliphatic heterocycles. The fraction of sp³-hybridized carbons (Fsp3) is 0.593. The van der Waals surface area contributed by atoms with Crippen LogP contribution in [-0.4, -0.2) is 59.2 Å². The van der Waals surface area contributed by atoms with Crippen LogP contribution in [0.2, 0.25) is 0 Å². The second-order valence-corrected chi connectivity index (χ2v) is 11.5. The number of nitrogens with one attached hydrogen (secondary N) is 1. The average molecular weight is 516 g/mol. The van der Waals surface area contributed by atoms with Crippen LogP contribution in [0, 0.1) is 5.92 Å². The predicted molar refractivity (Wildman–Crippen MR) is 137 cm³/mol. The van der Waals surface area contributed by atoms with Crippen LogP contribution in [0.1, 0.15) is 69.3 Å². The number of anilines is 1. The Labute approximate surface area is 214 Å². The molecule has 200 valence electrons. The van der Waals surface area contributed by atoms with E-state index < -0.39 is 35.3 Å².